The van der Waals surface area contributed by atoms with Crippen molar-refractivity contribution in [2.45, 2.75) is 41.0 Å². The molecule has 2 aromatic heterocycles. The van der Waals surface area contributed by atoms with E-state index in [9.17, 15) is 4.39 Å². The molecular weight excluding hydrogens is 574 g/mol. The summed E-state index contributed by atoms with van der Waals surface area (Å²) >= 11 is 14.9. The molecular formula is C25H21Cl2FN4O4S2. The van der Waals surface area contributed by atoms with Crippen molar-refractivity contribution >= 4 is 46.3 Å². The molecule has 6 unspecified atom stereocenters. The Bertz CT molecular complexity index is 1370. The highest BCUT2D eigenvalue weighted by Crippen LogP contribution is 2.45. The summed E-state index contributed by atoms with van der Waals surface area (Å²) in [4.78, 5) is 4.98. The predicted molar refractivity (Wildman–Crippen MR) is 142 cm³/mol. The average molecular weight is 596 g/mol. The van der Waals surface area contributed by atoms with Gasteiger partial charge in [-0.25, -0.2) is 14.1 Å². The second-order valence-corrected chi connectivity index (χ2v) is 11.5. The van der Waals surface area contributed by atoms with E-state index in [0.29, 0.717) is 10.6 Å². The summed E-state index contributed by atoms with van der Waals surface area (Å²) in [6.45, 7) is 0.285. The average Bonchev–Trinajstić information content (AvgIpc) is 3.64. The largest absolute Gasteiger partial charge is 0.375 e. The van der Waals surface area contributed by atoms with Gasteiger partial charge < -0.3 is 18.9 Å². The van der Waals surface area contributed by atoms with Crippen molar-refractivity contribution in [2.75, 3.05) is 13.7 Å². The lowest BCUT2D eigenvalue weighted by atomic mass is 9.96. The van der Waals surface area contributed by atoms with Crippen molar-refractivity contribution in [1.29, 1.82) is 0 Å². The second-order valence-electron chi connectivity index (χ2n) is 8.65. The molecule has 0 spiro atoms. The first-order valence-corrected chi connectivity index (χ1v) is 14.2. The van der Waals surface area contributed by atoms with Crippen molar-refractivity contribution in [3.63, 3.8) is 0 Å². The number of rotatable bonds is 6. The van der Waals surface area contributed by atoms with Gasteiger partial charge in [0.15, 0.2) is 12.1 Å². The third-order valence-electron chi connectivity index (χ3n) is 6.33. The van der Waals surface area contributed by atoms with Crippen LogP contribution in [0.15, 0.2) is 65.1 Å². The number of thioether (sulfide) groups is 1. The Morgan fingerprint density at radius 3 is 2.66 bits per heavy atom. The number of hydrogen-bond donors (Lipinski definition) is 0. The fraction of sp³-hybridized carbons (Fsp3) is 0.320. The molecule has 8 nitrogen and oxygen atoms in total. The molecule has 13 heteroatoms. The van der Waals surface area contributed by atoms with Gasteiger partial charge in [-0.15, -0.1) is 16.4 Å². The van der Waals surface area contributed by atoms with Gasteiger partial charge in [0, 0.05) is 29.1 Å². The predicted octanol–water partition coefficient (Wildman–Crippen LogP) is 6.04. The standard InChI is InChI=1S/C25H21Cl2FN4O4S2/c1-33-22-20(32-11-17(30-31-32)23-29-7-8-37-23)21-18(12-34-24(36-21)13-5-3-2-4-6-13)35-25(22)38-14-9-15(26)19(28)16(27)10-14/h2-11,18,20-22,24-25H,12H2,1H3. The van der Waals surface area contributed by atoms with E-state index in [1.54, 1.807) is 18.0 Å². The molecule has 198 valence electrons. The zero-order chi connectivity index (χ0) is 26.2. The van der Waals surface area contributed by atoms with Crippen LogP contribution in [0.25, 0.3) is 10.7 Å². The number of thiazole rings is 1. The van der Waals surface area contributed by atoms with Gasteiger partial charge in [-0.05, 0) is 12.1 Å². The van der Waals surface area contributed by atoms with E-state index in [0.717, 1.165) is 10.6 Å². The molecule has 0 bridgehead atoms. The molecule has 0 amide bonds. The van der Waals surface area contributed by atoms with Crippen LogP contribution in [0.5, 0.6) is 0 Å². The van der Waals surface area contributed by atoms with Gasteiger partial charge in [0.1, 0.15) is 40.5 Å². The summed E-state index contributed by atoms with van der Waals surface area (Å²) in [6, 6.07) is 12.3. The summed E-state index contributed by atoms with van der Waals surface area (Å²) in [5.41, 5.74) is 0.996. The monoisotopic (exact) mass is 594 g/mol. The van der Waals surface area contributed by atoms with E-state index in [-0.39, 0.29) is 16.7 Å². The van der Waals surface area contributed by atoms with E-state index in [4.69, 9.17) is 42.1 Å². The quantitative estimate of drug-likeness (QED) is 0.250. The summed E-state index contributed by atoms with van der Waals surface area (Å²) in [5, 5.41) is 11.3. The number of ether oxygens (including phenoxy) is 4. The topological polar surface area (TPSA) is 80.5 Å². The zero-order valence-corrected chi connectivity index (χ0v) is 23.0. The fourth-order valence-corrected chi connectivity index (χ4v) is 7.05. The SMILES string of the molecule is COC1C(Sc2cc(Cl)c(F)c(Cl)c2)OC2COC(c3ccccc3)OC2C1n1cc(-c2nccs2)nn1. The lowest BCUT2D eigenvalue weighted by molar-refractivity contribution is -0.308. The minimum Gasteiger partial charge on any atom is -0.375 e. The molecule has 4 heterocycles. The summed E-state index contributed by atoms with van der Waals surface area (Å²) in [6.07, 6.45) is 1.52. The van der Waals surface area contributed by atoms with Crippen LogP contribution in [0, 0.1) is 5.82 Å². The van der Waals surface area contributed by atoms with Gasteiger partial charge >= 0.3 is 0 Å². The first kappa shape index (κ1) is 26.1. The molecule has 6 atom stereocenters. The van der Waals surface area contributed by atoms with Crippen molar-refractivity contribution in [3.8, 4) is 10.7 Å². The first-order valence-electron chi connectivity index (χ1n) is 11.6. The van der Waals surface area contributed by atoms with E-state index in [2.05, 4.69) is 15.3 Å². The molecule has 4 aromatic rings. The maximum Gasteiger partial charge on any atom is 0.184 e. The van der Waals surface area contributed by atoms with E-state index in [1.165, 1.54) is 35.2 Å². The van der Waals surface area contributed by atoms with Gasteiger partial charge in [-0.3, -0.25) is 0 Å². The highest BCUT2D eigenvalue weighted by molar-refractivity contribution is 7.99. The van der Waals surface area contributed by atoms with Gasteiger partial charge in [0.2, 0.25) is 0 Å². The van der Waals surface area contributed by atoms with Crippen molar-refractivity contribution in [2.24, 2.45) is 0 Å². The number of hydrogen-bond acceptors (Lipinski definition) is 9. The number of benzene rings is 2. The Hall–Kier alpha value is -2.09. The van der Waals surface area contributed by atoms with Crippen LogP contribution in [0.3, 0.4) is 0 Å². The van der Waals surface area contributed by atoms with Crippen LogP contribution < -0.4 is 0 Å². The van der Waals surface area contributed by atoms with Gasteiger partial charge in [0.05, 0.1) is 22.8 Å². The smallest absolute Gasteiger partial charge is 0.184 e. The molecule has 2 aliphatic rings. The van der Waals surface area contributed by atoms with Crippen molar-refractivity contribution in [1.82, 2.24) is 20.0 Å². The van der Waals surface area contributed by atoms with Gasteiger partial charge in [-0.2, -0.15) is 0 Å². The maximum absolute atomic E-state index is 14.0. The molecule has 2 aliphatic heterocycles. The lowest BCUT2D eigenvalue weighted by Gasteiger charge is -2.48. The summed E-state index contributed by atoms with van der Waals surface area (Å²) < 4.78 is 40.8. The maximum atomic E-state index is 14.0. The molecule has 0 N–H and O–H groups in total. The number of nitrogens with zero attached hydrogens (tertiary/aromatic N) is 4. The van der Waals surface area contributed by atoms with Crippen molar-refractivity contribution < 1.29 is 23.3 Å². The minimum atomic E-state index is -0.665. The molecule has 0 radical (unpaired) electrons. The third kappa shape index (κ3) is 5.09. The fourth-order valence-electron chi connectivity index (χ4n) is 4.60. The Balaban J connectivity index is 1.35. The highest BCUT2D eigenvalue weighted by Gasteiger charge is 2.52. The van der Waals surface area contributed by atoms with Crippen LogP contribution in [-0.4, -0.2) is 57.4 Å². The van der Waals surface area contributed by atoms with Crippen molar-refractivity contribution in [3.05, 3.63) is 81.7 Å². The lowest BCUT2D eigenvalue weighted by Crippen LogP contribution is -2.59. The summed E-state index contributed by atoms with van der Waals surface area (Å²) in [7, 11) is 1.60. The molecule has 6 rings (SSSR count). The minimum absolute atomic E-state index is 0.0707. The first-order chi connectivity index (χ1) is 18.5. The Kier molecular flexibility index (Phi) is 7.70. The number of methoxy groups -OCH3 is 1. The van der Waals surface area contributed by atoms with Crippen LogP contribution in [-0.2, 0) is 18.9 Å². The third-order valence-corrected chi connectivity index (χ3v) is 8.80. The molecule has 38 heavy (non-hydrogen) atoms. The number of halogens is 3. The number of fused-ring (bicyclic) bond motifs is 1. The normalized spacial score (nSPS) is 27.3. The second kappa shape index (κ2) is 11.2. The highest BCUT2D eigenvalue weighted by atomic mass is 35.5. The van der Waals surface area contributed by atoms with E-state index >= 15 is 0 Å². The molecule has 0 saturated carbocycles. The molecule has 2 saturated heterocycles. The molecule has 0 aliphatic carbocycles. The van der Waals surface area contributed by atoms with Crippen LogP contribution >= 0.6 is 46.3 Å². The van der Waals surface area contributed by atoms with E-state index < -0.39 is 41.9 Å². The zero-order valence-electron chi connectivity index (χ0n) is 19.8. The Morgan fingerprint density at radius 1 is 1.16 bits per heavy atom. The Labute approximate surface area is 236 Å². The Morgan fingerprint density at radius 2 is 1.95 bits per heavy atom. The van der Waals surface area contributed by atoms with Crippen LogP contribution in [0.2, 0.25) is 10.0 Å². The van der Waals surface area contributed by atoms with Crippen LogP contribution in [0.1, 0.15) is 17.9 Å². The van der Waals surface area contributed by atoms with Gasteiger partial charge in [-0.1, -0.05) is 70.5 Å². The van der Waals surface area contributed by atoms with Crippen LogP contribution in [0.4, 0.5) is 4.39 Å². The summed E-state index contributed by atoms with van der Waals surface area (Å²) in [5.74, 6) is -0.665. The van der Waals surface area contributed by atoms with E-state index in [1.807, 2.05) is 41.9 Å². The number of aromatic nitrogens is 4. The molecule has 2 aromatic carbocycles. The molecule has 2 fully saturated rings. The van der Waals surface area contributed by atoms with Gasteiger partial charge in [0.25, 0.3) is 0 Å².